The molecule has 2 rings (SSSR count). The Morgan fingerprint density at radius 1 is 1.38 bits per heavy atom. The second-order valence-electron chi connectivity index (χ2n) is 4.59. The van der Waals surface area contributed by atoms with Crippen molar-refractivity contribution in [2.45, 2.75) is 19.8 Å². The smallest absolute Gasteiger partial charge is 0.268 e. The van der Waals surface area contributed by atoms with E-state index in [1.54, 1.807) is 0 Å². The number of hydrogen-bond donors (Lipinski definition) is 0. The molecule has 0 aliphatic carbocycles. The molecule has 21 heavy (non-hydrogen) atoms. The summed E-state index contributed by atoms with van der Waals surface area (Å²) in [4.78, 5) is 0.891. The summed E-state index contributed by atoms with van der Waals surface area (Å²) in [6.07, 6.45) is 2.18. The van der Waals surface area contributed by atoms with Crippen LogP contribution >= 0.6 is 11.8 Å². The molecule has 0 unspecified atom stereocenters. The van der Waals surface area contributed by atoms with E-state index in [0.717, 1.165) is 22.3 Å². The van der Waals surface area contributed by atoms with Crippen LogP contribution in [0.5, 0.6) is 0 Å². The van der Waals surface area contributed by atoms with Crippen LogP contribution in [0.15, 0.2) is 34.3 Å². The number of thioether (sulfide) groups is 1. The van der Waals surface area contributed by atoms with Gasteiger partial charge in [0.2, 0.25) is 0 Å². The molecule has 5 nitrogen and oxygen atoms in total. The topological polar surface area (TPSA) is 79.5 Å². The van der Waals surface area contributed by atoms with Gasteiger partial charge in [-0.15, -0.1) is 0 Å². The Labute approximate surface area is 128 Å². The molecule has 0 N–H and O–H groups in total. The number of allylic oxidation sites excluding steroid dienone is 2. The predicted octanol–water partition coefficient (Wildman–Crippen LogP) is 3.05. The van der Waals surface area contributed by atoms with Crippen LogP contribution in [0.3, 0.4) is 0 Å². The van der Waals surface area contributed by atoms with Crippen LogP contribution in [0.2, 0.25) is 0 Å². The van der Waals surface area contributed by atoms with E-state index in [1.807, 2.05) is 31.2 Å². The zero-order valence-electron chi connectivity index (χ0n) is 11.7. The first kappa shape index (κ1) is 15.6. The minimum atomic E-state index is -3.60. The number of rotatable bonds is 3. The van der Waals surface area contributed by atoms with Crippen LogP contribution in [-0.2, 0) is 14.4 Å². The van der Waals surface area contributed by atoms with Gasteiger partial charge in [-0.25, -0.2) is 0 Å². The summed E-state index contributed by atoms with van der Waals surface area (Å²) in [6, 6.07) is 9.91. The maximum atomic E-state index is 10.9. The van der Waals surface area contributed by atoms with E-state index in [-0.39, 0.29) is 0 Å². The molecule has 0 radical (unpaired) electrons. The molecule has 1 aliphatic heterocycles. The average Bonchev–Trinajstić information content (AvgIpc) is 2.87. The minimum absolute atomic E-state index is 0.566. The van der Waals surface area contributed by atoms with E-state index in [0.29, 0.717) is 23.5 Å². The quantitative estimate of drug-likeness (QED) is 0.631. The zero-order chi connectivity index (χ0) is 15.5. The van der Waals surface area contributed by atoms with Gasteiger partial charge >= 0.3 is 10.1 Å². The number of hydrogen-bond acceptors (Lipinski definition) is 6. The fraction of sp³-hybridized carbons (Fsp3) is 0.286. The van der Waals surface area contributed by atoms with Gasteiger partial charge in [0, 0.05) is 11.3 Å². The number of nitriles is 1. The van der Waals surface area contributed by atoms with Crippen LogP contribution < -0.4 is 0 Å². The monoisotopic (exact) mass is 322 g/mol. The number of aryl methyl sites for hydroxylation is 1. The maximum Gasteiger partial charge on any atom is 0.325 e. The van der Waals surface area contributed by atoms with Gasteiger partial charge < -0.3 is 0 Å². The Hall–Kier alpha value is -1.78. The minimum Gasteiger partial charge on any atom is -0.268 e. The van der Waals surface area contributed by atoms with Crippen molar-refractivity contribution in [1.29, 1.82) is 5.26 Å². The highest BCUT2D eigenvalue weighted by atomic mass is 32.2. The Morgan fingerprint density at radius 2 is 2.10 bits per heavy atom. The predicted molar refractivity (Wildman–Crippen MR) is 83.9 cm³/mol. The van der Waals surface area contributed by atoms with E-state index in [2.05, 4.69) is 15.5 Å². The first-order valence-electron chi connectivity index (χ1n) is 6.23. The normalized spacial score (nSPS) is 19.4. The third-order valence-corrected chi connectivity index (χ3v) is 4.40. The van der Waals surface area contributed by atoms with Gasteiger partial charge in [-0.3, -0.25) is 4.28 Å². The van der Waals surface area contributed by atoms with Crippen LogP contribution in [0.4, 0.5) is 0 Å². The Bertz CT molecular complexity index is 759. The van der Waals surface area contributed by atoms with Crippen molar-refractivity contribution in [3.8, 4) is 6.07 Å². The Kier molecular flexibility index (Phi) is 4.70. The molecule has 1 aliphatic rings. The zero-order valence-corrected chi connectivity index (χ0v) is 13.3. The third kappa shape index (κ3) is 4.09. The van der Waals surface area contributed by atoms with E-state index in [4.69, 9.17) is 0 Å². The third-order valence-electron chi connectivity index (χ3n) is 2.89. The maximum absolute atomic E-state index is 10.9. The van der Waals surface area contributed by atoms with Gasteiger partial charge in [0.05, 0.1) is 11.8 Å². The highest BCUT2D eigenvalue weighted by Crippen LogP contribution is 2.39. The van der Waals surface area contributed by atoms with Gasteiger partial charge in [0.15, 0.2) is 0 Å². The van der Waals surface area contributed by atoms with Crippen molar-refractivity contribution in [3.63, 3.8) is 0 Å². The van der Waals surface area contributed by atoms with Crippen LogP contribution in [0.1, 0.15) is 24.0 Å². The molecular weight excluding hydrogens is 308 g/mol. The summed E-state index contributed by atoms with van der Waals surface area (Å²) in [5.74, 6) is 0. The van der Waals surface area contributed by atoms with E-state index in [1.165, 1.54) is 11.8 Å². The Morgan fingerprint density at radius 3 is 2.71 bits per heavy atom. The molecule has 1 fully saturated rings. The van der Waals surface area contributed by atoms with Crippen LogP contribution in [0, 0.1) is 18.3 Å². The molecule has 7 heteroatoms. The van der Waals surface area contributed by atoms with Crippen molar-refractivity contribution >= 4 is 32.5 Å². The molecule has 0 spiro atoms. The second kappa shape index (κ2) is 6.33. The lowest BCUT2D eigenvalue weighted by Crippen LogP contribution is -1.98. The largest absolute Gasteiger partial charge is 0.325 e. The van der Waals surface area contributed by atoms with Crippen molar-refractivity contribution < 1.29 is 12.7 Å². The first-order chi connectivity index (χ1) is 9.90. The highest BCUT2D eigenvalue weighted by molar-refractivity contribution is 8.17. The molecule has 0 aromatic heterocycles. The van der Waals surface area contributed by atoms with Gasteiger partial charge in [0.1, 0.15) is 11.1 Å². The van der Waals surface area contributed by atoms with Gasteiger partial charge in [0.25, 0.3) is 0 Å². The number of benzene rings is 1. The van der Waals surface area contributed by atoms with Crippen LogP contribution in [-0.4, -0.2) is 19.7 Å². The molecule has 1 aromatic carbocycles. The first-order valence-corrected chi connectivity index (χ1v) is 8.86. The molecular formula is C14H14N2O3S2. The standard InChI is InChI=1S/C14H14N2O3S2/c1-10-5-3-4-6-11(10)12(9-15)13-7-8-14(20-13)16-19-21(2,17)18/h3-6H,7-8H2,1-2H3/b13-12+,16-14-. The van der Waals surface area contributed by atoms with E-state index in [9.17, 15) is 13.7 Å². The summed E-state index contributed by atoms with van der Waals surface area (Å²) < 4.78 is 26.3. The molecule has 1 heterocycles. The summed E-state index contributed by atoms with van der Waals surface area (Å²) in [7, 11) is -3.60. The summed E-state index contributed by atoms with van der Waals surface area (Å²) in [5.41, 5.74) is 2.54. The van der Waals surface area contributed by atoms with E-state index >= 15 is 0 Å². The van der Waals surface area contributed by atoms with Crippen molar-refractivity contribution in [2.24, 2.45) is 5.16 Å². The van der Waals surface area contributed by atoms with Gasteiger partial charge in [-0.2, -0.15) is 13.7 Å². The van der Waals surface area contributed by atoms with Gasteiger partial charge in [-0.05, 0) is 24.5 Å². The van der Waals surface area contributed by atoms with Crippen molar-refractivity contribution in [2.75, 3.05) is 6.26 Å². The molecule has 1 saturated heterocycles. The summed E-state index contributed by atoms with van der Waals surface area (Å²) in [5, 5.41) is 13.6. The molecule has 110 valence electrons. The summed E-state index contributed by atoms with van der Waals surface area (Å²) in [6.45, 7) is 1.95. The number of nitrogens with zero attached hydrogens (tertiary/aromatic N) is 2. The average molecular weight is 322 g/mol. The second-order valence-corrected chi connectivity index (χ2v) is 7.32. The lowest BCUT2D eigenvalue weighted by atomic mass is 10.0. The number of oxime groups is 1. The molecule has 0 atom stereocenters. The molecule has 1 aromatic rings. The fourth-order valence-corrected chi connectivity index (χ4v) is 3.24. The lowest BCUT2D eigenvalue weighted by molar-refractivity contribution is 0.343. The van der Waals surface area contributed by atoms with E-state index < -0.39 is 10.1 Å². The van der Waals surface area contributed by atoms with Crippen LogP contribution in [0.25, 0.3) is 5.57 Å². The van der Waals surface area contributed by atoms with Gasteiger partial charge in [-0.1, -0.05) is 41.2 Å². The highest BCUT2D eigenvalue weighted by Gasteiger charge is 2.22. The Balaban J connectivity index is 2.29. The fourth-order valence-electron chi connectivity index (χ4n) is 1.94. The lowest BCUT2D eigenvalue weighted by Gasteiger charge is -2.06. The van der Waals surface area contributed by atoms with Crippen molar-refractivity contribution in [1.82, 2.24) is 0 Å². The molecule has 0 saturated carbocycles. The summed E-state index contributed by atoms with van der Waals surface area (Å²) >= 11 is 1.31. The molecule has 0 bridgehead atoms. The molecule has 0 amide bonds. The van der Waals surface area contributed by atoms with Crippen molar-refractivity contribution in [3.05, 3.63) is 40.3 Å². The SMILES string of the molecule is Cc1ccccc1/C(C#N)=C1\CC/C(=N/OS(C)(=O)=O)S1.